The zero-order valence-electron chi connectivity index (χ0n) is 11.1. The molecule has 106 valence electrons. The summed E-state index contributed by atoms with van der Waals surface area (Å²) in [5, 5.41) is 14.4. The van der Waals surface area contributed by atoms with Gasteiger partial charge in [0, 0.05) is 5.56 Å². The minimum Gasteiger partial charge on any atom is -0.358 e. The third-order valence-electron chi connectivity index (χ3n) is 2.86. The van der Waals surface area contributed by atoms with Gasteiger partial charge in [0.15, 0.2) is 5.82 Å². The number of nitrogens with zero attached hydrogens (tertiary/aromatic N) is 5. The van der Waals surface area contributed by atoms with Crippen molar-refractivity contribution in [2.45, 2.75) is 13.5 Å². The number of rotatable bonds is 4. The van der Waals surface area contributed by atoms with E-state index in [1.807, 2.05) is 31.2 Å². The predicted molar refractivity (Wildman–Crippen MR) is 72.5 cm³/mol. The standard InChI is InChI=1S/C13H11N5O3/c1-9-3-2-4-10(5-9)13-15-11(16-21-13)6-17-7-12(14-8-17)18(19)20/h2-5,7-8H,6H2,1H3. The summed E-state index contributed by atoms with van der Waals surface area (Å²) in [6, 6.07) is 7.71. The van der Waals surface area contributed by atoms with Crippen LogP contribution < -0.4 is 0 Å². The predicted octanol–water partition coefficient (Wildman–Crippen LogP) is 2.20. The molecule has 0 spiro atoms. The molecule has 2 heterocycles. The molecule has 0 aliphatic rings. The summed E-state index contributed by atoms with van der Waals surface area (Å²) >= 11 is 0. The van der Waals surface area contributed by atoms with Crippen LogP contribution in [0.1, 0.15) is 11.4 Å². The second kappa shape index (κ2) is 5.16. The Morgan fingerprint density at radius 3 is 3.00 bits per heavy atom. The number of hydrogen-bond acceptors (Lipinski definition) is 6. The van der Waals surface area contributed by atoms with Crippen LogP contribution in [0.15, 0.2) is 41.3 Å². The number of hydrogen-bond donors (Lipinski definition) is 0. The maximum Gasteiger partial charge on any atom is 0.381 e. The number of imidazole rings is 1. The van der Waals surface area contributed by atoms with Gasteiger partial charge in [-0.05, 0) is 29.0 Å². The van der Waals surface area contributed by atoms with Gasteiger partial charge in [0.25, 0.3) is 5.89 Å². The van der Waals surface area contributed by atoms with Gasteiger partial charge >= 0.3 is 5.82 Å². The average molecular weight is 285 g/mol. The molecular formula is C13H11N5O3. The first-order valence-electron chi connectivity index (χ1n) is 6.17. The Morgan fingerprint density at radius 2 is 2.29 bits per heavy atom. The summed E-state index contributed by atoms with van der Waals surface area (Å²) < 4.78 is 6.73. The first kappa shape index (κ1) is 13.0. The van der Waals surface area contributed by atoms with Crippen LogP contribution in [-0.4, -0.2) is 24.6 Å². The minimum absolute atomic E-state index is 0.211. The Balaban J connectivity index is 1.80. The lowest BCUT2D eigenvalue weighted by atomic mass is 10.1. The average Bonchev–Trinajstić information content (AvgIpc) is 3.08. The highest BCUT2D eigenvalue weighted by Gasteiger charge is 2.13. The fourth-order valence-electron chi connectivity index (χ4n) is 1.91. The molecule has 8 heteroatoms. The van der Waals surface area contributed by atoms with E-state index < -0.39 is 4.92 Å². The van der Waals surface area contributed by atoms with E-state index in [2.05, 4.69) is 15.1 Å². The van der Waals surface area contributed by atoms with Crippen molar-refractivity contribution in [3.63, 3.8) is 0 Å². The number of aryl methyl sites for hydroxylation is 1. The quantitative estimate of drug-likeness (QED) is 0.538. The SMILES string of the molecule is Cc1cccc(-c2nc(Cn3cnc([N+](=O)[O-])c3)no2)c1. The highest BCUT2D eigenvalue weighted by Crippen LogP contribution is 2.18. The molecule has 0 radical (unpaired) electrons. The fraction of sp³-hybridized carbons (Fsp3) is 0.154. The van der Waals surface area contributed by atoms with Crippen LogP contribution in [0, 0.1) is 17.0 Å². The maximum atomic E-state index is 10.6. The maximum absolute atomic E-state index is 10.6. The lowest BCUT2D eigenvalue weighted by molar-refractivity contribution is -0.389. The second-order valence-corrected chi connectivity index (χ2v) is 4.55. The van der Waals surface area contributed by atoms with Gasteiger partial charge < -0.3 is 19.2 Å². The van der Waals surface area contributed by atoms with Gasteiger partial charge in [-0.25, -0.2) is 0 Å². The molecule has 0 unspecified atom stereocenters. The lowest BCUT2D eigenvalue weighted by Gasteiger charge is -1.95. The molecule has 0 saturated heterocycles. The summed E-state index contributed by atoms with van der Waals surface area (Å²) in [6.45, 7) is 2.24. The molecule has 21 heavy (non-hydrogen) atoms. The van der Waals surface area contributed by atoms with E-state index in [0.29, 0.717) is 11.7 Å². The second-order valence-electron chi connectivity index (χ2n) is 4.55. The van der Waals surface area contributed by atoms with Crippen LogP contribution in [0.25, 0.3) is 11.5 Å². The summed E-state index contributed by atoms with van der Waals surface area (Å²) in [5.74, 6) is 0.638. The van der Waals surface area contributed by atoms with Crippen molar-refractivity contribution >= 4 is 5.82 Å². The van der Waals surface area contributed by atoms with Gasteiger partial charge in [-0.2, -0.15) is 4.98 Å². The Morgan fingerprint density at radius 1 is 1.43 bits per heavy atom. The van der Waals surface area contributed by atoms with Gasteiger partial charge in [-0.3, -0.25) is 0 Å². The Bertz CT molecular complexity index is 792. The zero-order chi connectivity index (χ0) is 14.8. The molecule has 0 N–H and O–H groups in total. The first-order valence-corrected chi connectivity index (χ1v) is 6.17. The molecule has 0 fully saturated rings. The molecule has 2 aromatic heterocycles. The van der Waals surface area contributed by atoms with Crippen LogP contribution in [0.2, 0.25) is 0 Å². The number of aromatic nitrogens is 4. The fourth-order valence-corrected chi connectivity index (χ4v) is 1.91. The third kappa shape index (κ3) is 2.78. The molecule has 0 amide bonds. The Hall–Kier alpha value is -3.03. The van der Waals surface area contributed by atoms with Gasteiger partial charge in [0.2, 0.25) is 6.33 Å². The number of benzene rings is 1. The molecule has 0 saturated carbocycles. The normalized spacial score (nSPS) is 10.7. The van der Waals surface area contributed by atoms with Crippen LogP contribution in [0.3, 0.4) is 0 Å². The van der Waals surface area contributed by atoms with Crippen molar-refractivity contribution in [1.29, 1.82) is 0 Å². The van der Waals surface area contributed by atoms with E-state index in [4.69, 9.17) is 4.52 Å². The molecule has 0 aliphatic carbocycles. The van der Waals surface area contributed by atoms with E-state index in [9.17, 15) is 10.1 Å². The van der Waals surface area contributed by atoms with E-state index >= 15 is 0 Å². The smallest absolute Gasteiger partial charge is 0.358 e. The van der Waals surface area contributed by atoms with Gasteiger partial charge in [0.1, 0.15) is 6.20 Å². The molecule has 8 nitrogen and oxygen atoms in total. The molecule has 0 atom stereocenters. The van der Waals surface area contributed by atoms with Crippen molar-refractivity contribution in [2.75, 3.05) is 0 Å². The molecule has 3 rings (SSSR count). The molecule has 0 bridgehead atoms. The monoisotopic (exact) mass is 285 g/mol. The van der Waals surface area contributed by atoms with E-state index in [1.165, 1.54) is 17.1 Å². The molecule has 1 aromatic carbocycles. The van der Waals surface area contributed by atoms with E-state index in [-0.39, 0.29) is 12.4 Å². The first-order chi connectivity index (χ1) is 10.1. The molecule has 3 aromatic rings. The van der Waals surface area contributed by atoms with Gasteiger partial charge in [-0.1, -0.05) is 22.9 Å². The van der Waals surface area contributed by atoms with Crippen molar-refractivity contribution in [3.05, 3.63) is 58.3 Å². The lowest BCUT2D eigenvalue weighted by Crippen LogP contribution is -1.98. The van der Waals surface area contributed by atoms with Crippen LogP contribution in [0.5, 0.6) is 0 Å². The van der Waals surface area contributed by atoms with Crippen LogP contribution in [-0.2, 0) is 6.54 Å². The summed E-state index contributed by atoms with van der Waals surface area (Å²) in [7, 11) is 0. The minimum atomic E-state index is -0.551. The topological polar surface area (TPSA) is 99.9 Å². The number of nitro groups is 1. The Labute approximate surface area is 119 Å². The van der Waals surface area contributed by atoms with Crippen LogP contribution in [0.4, 0.5) is 5.82 Å². The van der Waals surface area contributed by atoms with Gasteiger partial charge in [-0.15, -0.1) is 0 Å². The highest BCUT2D eigenvalue weighted by molar-refractivity contribution is 5.53. The van der Waals surface area contributed by atoms with Crippen molar-refractivity contribution in [2.24, 2.45) is 0 Å². The zero-order valence-corrected chi connectivity index (χ0v) is 11.1. The summed E-state index contributed by atoms with van der Waals surface area (Å²) in [5.41, 5.74) is 1.93. The van der Waals surface area contributed by atoms with E-state index in [0.717, 1.165) is 11.1 Å². The molecule has 0 aliphatic heterocycles. The third-order valence-corrected chi connectivity index (χ3v) is 2.86. The highest BCUT2D eigenvalue weighted by atomic mass is 16.6. The van der Waals surface area contributed by atoms with Crippen molar-refractivity contribution < 1.29 is 9.45 Å². The van der Waals surface area contributed by atoms with Crippen LogP contribution >= 0.6 is 0 Å². The van der Waals surface area contributed by atoms with Gasteiger partial charge in [0.05, 0.1) is 6.54 Å². The summed E-state index contributed by atoms with van der Waals surface area (Å²) in [6.07, 6.45) is 2.68. The Kier molecular flexibility index (Phi) is 3.19. The van der Waals surface area contributed by atoms with Crippen molar-refractivity contribution in [1.82, 2.24) is 19.7 Å². The largest absolute Gasteiger partial charge is 0.381 e. The van der Waals surface area contributed by atoms with Crippen molar-refractivity contribution in [3.8, 4) is 11.5 Å². The van der Waals surface area contributed by atoms with E-state index in [1.54, 1.807) is 0 Å². The summed E-state index contributed by atoms with van der Waals surface area (Å²) in [4.78, 5) is 18.0. The molecular weight excluding hydrogens is 274 g/mol.